The van der Waals surface area contributed by atoms with E-state index in [4.69, 9.17) is 14.6 Å². The number of rotatable bonds is 7. The van der Waals surface area contributed by atoms with Crippen molar-refractivity contribution in [1.82, 2.24) is 4.98 Å². The van der Waals surface area contributed by atoms with Gasteiger partial charge in [0.05, 0.1) is 13.2 Å². The third-order valence-corrected chi connectivity index (χ3v) is 2.12. The highest BCUT2D eigenvalue weighted by Crippen LogP contribution is 2.16. The van der Waals surface area contributed by atoms with E-state index in [0.29, 0.717) is 24.7 Å². The maximum atomic E-state index is 9.12. The zero-order valence-electron chi connectivity index (χ0n) is 9.90. The van der Waals surface area contributed by atoms with E-state index in [1.165, 1.54) is 0 Å². The van der Waals surface area contributed by atoms with Crippen molar-refractivity contribution in [1.29, 1.82) is 0 Å². The van der Waals surface area contributed by atoms with Crippen LogP contribution in [0.3, 0.4) is 0 Å². The summed E-state index contributed by atoms with van der Waals surface area (Å²) in [6.07, 6.45) is 0.840. The molecule has 4 heteroatoms. The predicted molar refractivity (Wildman–Crippen MR) is 61.5 cm³/mol. The van der Waals surface area contributed by atoms with Gasteiger partial charge in [0.15, 0.2) is 0 Å². The summed E-state index contributed by atoms with van der Waals surface area (Å²) in [7, 11) is 0. The highest BCUT2D eigenvalue weighted by Gasteiger charge is 2.04. The average molecular weight is 225 g/mol. The fourth-order valence-electron chi connectivity index (χ4n) is 1.33. The van der Waals surface area contributed by atoms with Crippen LogP contribution in [0.5, 0.6) is 5.75 Å². The van der Waals surface area contributed by atoms with Gasteiger partial charge in [-0.05, 0) is 26.0 Å². The summed E-state index contributed by atoms with van der Waals surface area (Å²) in [6.45, 7) is 5.77. The van der Waals surface area contributed by atoms with Crippen molar-refractivity contribution in [3.8, 4) is 5.75 Å². The van der Waals surface area contributed by atoms with Crippen LogP contribution in [0.2, 0.25) is 0 Å². The molecule has 16 heavy (non-hydrogen) atoms. The van der Waals surface area contributed by atoms with Gasteiger partial charge >= 0.3 is 0 Å². The maximum absolute atomic E-state index is 9.12. The lowest BCUT2D eigenvalue weighted by Gasteiger charge is -2.09. The Labute approximate surface area is 96.2 Å². The van der Waals surface area contributed by atoms with Crippen LogP contribution >= 0.6 is 0 Å². The molecule has 0 aliphatic rings. The van der Waals surface area contributed by atoms with Crippen LogP contribution in [-0.4, -0.2) is 29.9 Å². The Morgan fingerprint density at radius 1 is 1.31 bits per heavy atom. The molecule has 0 bridgehead atoms. The Hall–Kier alpha value is -1.13. The first-order valence-electron chi connectivity index (χ1n) is 5.55. The maximum Gasteiger partial charge on any atom is 0.143 e. The van der Waals surface area contributed by atoms with Gasteiger partial charge in [0.2, 0.25) is 0 Å². The van der Waals surface area contributed by atoms with Gasteiger partial charge in [-0.3, -0.25) is 4.98 Å². The number of aryl methyl sites for hydroxylation is 1. The molecular weight excluding hydrogens is 206 g/mol. The Bertz CT molecular complexity index is 315. The number of aliphatic hydroxyl groups excluding tert-OH is 1. The van der Waals surface area contributed by atoms with Gasteiger partial charge in [-0.15, -0.1) is 0 Å². The molecule has 0 fully saturated rings. The molecule has 90 valence electrons. The van der Waals surface area contributed by atoms with Crippen LogP contribution in [0.15, 0.2) is 12.1 Å². The molecule has 0 atom stereocenters. The molecule has 0 aliphatic carbocycles. The van der Waals surface area contributed by atoms with E-state index in [1.54, 1.807) is 0 Å². The smallest absolute Gasteiger partial charge is 0.143 e. The van der Waals surface area contributed by atoms with Crippen LogP contribution in [0.4, 0.5) is 0 Å². The van der Waals surface area contributed by atoms with E-state index < -0.39 is 0 Å². The first kappa shape index (κ1) is 12.9. The molecule has 1 N–H and O–H groups in total. The van der Waals surface area contributed by atoms with Crippen molar-refractivity contribution in [2.75, 3.05) is 19.8 Å². The van der Waals surface area contributed by atoms with Gasteiger partial charge in [-0.25, -0.2) is 0 Å². The molecular formula is C12H19NO3. The monoisotopic (exact) mass is 225 g/mol. The predicted octanol–water partition coefficient (Wildman–Crippen LogP) is 1.69. The quantitative estimate of drug-likeness (QED) is 0.717. The number of hydrogen-bond acceptors (Lipinski definition) is 4. The average Bonchev–Trinajstić information content (AvgIpc) is 2.30. The summed E-state index contributed by atoms with van der Waals surface area (Å²) in [4.78, 5) is 4.20. The number of hydrogen-bond donors (Lipinski definition) is 1. The van der Waals surface area contributed by atoms with Gasteiger partial charge in [-0.1, -0.05) is 0 Å². The molecule has 0 aromatic carbocycles. The first-order chi connectivity index (χ1) is 7.77. The molecule has 1 aromatic heterocycles. The molecule has 4 nitrogen and oxygen atoms in total. The third kappa shape index (κ3) is 4.16. The summed E-state index contributed by atoms with van der Waals surface area (Å²) < 4.78 is 10.7. The standard InChI is InChI=1S/C12H19NO3/c1-3-15-7-4-8-16-12-6-5-10(2)13-11(12)9-14/h5-6,14H,3-4,7-9H2,1-2H3. The Kier molecular flexibility index (Phi) is 5.82. The summed E-state index contributed by atoms with van der Waals surface area (Å²) >= 11 is 0. The zero-order chi connectivity index (χ0) is 11.8. The second-order valence-electron chi connectivity index (χ2n) is 3.45. The van der Waals surface area contributed by atoms with E-state index in [1.807, 2.05) is 26.0 Å². The van der Waals surface area contributed by atoms with Crippen molar-refractivity contribution in [3.05, 3.63) is 23.5 Å². The fraction of sp³-hybridized carbons (Fsp3) is 0.583. The van der Waals surface area contributed by atoms with Crippen molar-refractivity contribution < 1.29 is 14.6 Å². The molecule has 0 amide bonds. The summed E-state index contributed by atoms with van der Waals surface area (Å²) in [6, 6.07) is 3.71. The van der Waals surface area contributed by atoms with Crippen molar-refractivity contribution in [3.63, 3.8) is 0 Å². The summed E-state index contributed by atoms with van der Waals surface area (Å²) in [5.41, 5.74) is 1.47. The topological polar surface area (TPSA) is 51.6 Å². The molecule has 0 saturated heterocycles. The van der Waals surface area contributed by atoms with E-state index in [-0.39, 0.29) is 6.61 Å². The highest BCUT2D eigenvalue weighted by molar-refractivity contribution is 5.28. The van der Waals surface area contributed by atoms with Gasteiger partial charge in [0, 0.05) is 25.3 Å². The molecule has 0 unspecified atom stereocenters. The zero-order valence-corrected chi connectivity index (χ0v) is 9.90. The SMILES string of the molecule is CCOCCCOc1ccc(C)nc1CO. The lowest BCUT2D eigenvalue weighted by atomic mass is 10.3. The summed E-state index contributed by atoms with van der Waals surface area (Å²) in [5, 5.41) is 9.12. The normalized spacial score (nSPS) is 10.4. The van der Waals surface area contributed by atoms with Crippen molar-refractivity contribution >= 4 is 0 Å². The van der Waals surface area contributed by atoms with E-state index >= 15 is 0 Å². The fourth-order valence-corrected chi connectivity index (χ4v) is 1.33. The Morgan fingerprint density at radius 2 is 2.12 bits per heavy atom. The number of pyridine rings is 1. The molecule has 1 heterocycles. The third-order valence-electron chi connectivity index (χ3n) is 2.12. The number of nitrogens with zero attached hydrogens (tertiary/aromatic N) is 1. The molecule has 1 rings (SSSR count). The minimum atomic E-state index is -0.0948. The largest absolute Gasteiger partial charge is 0.491 e. The number of aliphatic hydroxyl groups is 1. The van der Waals surface area contributed by atoms with Crippen LogP contribution in [0.25, 0.3) is 0 Å². The summed E-state index contributed by atoms with van der Waals surface area (Å²) in [5.74, 6) is 0.657. The molecule has 0 spiro atoms. The molecule has 1 aromatic rings. The van der Waals surface area contributed by atoms with E-state index in [0.717, 1.165) is 18.7 Å². The van der Waals surface area contributed by atoms with E-state index in [2.05, 4.69) is 4.98 Å². The van der Waals surface area contributed by atoms with Crippen molar-refractivity contribution in [2.24, 2.45) is 0 Å². The van der Waals surface area contributed by atoms with Gasteiger partial charge in [0.25, 0.3) is 0 Å². The van der Waals surface area contributed by atoms with Gasteiger partial charge < -0.3 is 14.6 Å². The second kappa shape index (κ2) is 7.19. The first-order valence-corrected chi connectivity index (χ1v) is 5.55. The molecule has 0 aliphatic heterocycles. The second-order valence-corrected chi connectivity index (χ2v) is 3.45. The van der Waals surface area contributed by atoms with Crippen LogP contribution in [0, 0.1) is 6.92 Å². The lowest BCUT2D eigenvalue weighted by Crippen LogP contribution is -2.05. The van der Waals surface area contributed by atoms with Crippen LogP contribution in [0.1, 0.15) is 24.7 Å². The lowest BCUT2D eigenvalue weighted by molar-refractivity contribution is 0.130. The molecule has 0 radical (unpaired) electrons. The highest BCUT2D eigenvalue weighted by atomic mass is 16.5. The molecule has 0 saturated carbocycles. The minimum absolute atomic E-state index is 0.0948. The number of ether oxygens (including phenoxy) is 2. The minimum Gasteiger partial charge on any atom is -0.491 e. The Morgan fingerprint density at radius 3 is 2.81 bits per heavy atom. The number of aromatic nitrogens is 1. The van der Waals surface area contributed by atoms with E-state index in [9.17, 15) is 0 Å². The van der Waals surface area contributed by atoms with Crippen LogP contribution < -0.4 is 4.74 Å². The Balaban J connectivity index is 2.41. The van der Waals surface area contributed by atoms with Crippen LogP contribution in [-0.2, 0) is 11.3 Å². The van der Waals surface area contributed by atoms with Gasteiger partial charge in [0.1, 0.15) is 11.4 Å². The van der Waals surface area contributed by atoms with Crippen molar-refractivity contribution in [2.45, 2.75) is 26.9 Å². The van der Waals surface area contributed by atoms with Gasteiger partial charge in [-0.2, -0.15) is 0 Å².